The van der Waals surface area contributed by atoms with E-state index in [0.717, 1.165) is 11.1 Å². The van der Waals surface area contributed by atoms with Crippen LogP contribution in [0.2, 0.25) is 0 Å². The topological polar surface area (TPSA) is 63.9 Å². The van der Waals surface area contributed by atoms with Crippen LogP contribution in [0.1, 0.15) is 30.9 Å². The van der Waals surface area contributed by atoms with Crippen molar-refractivity contribution in [3.05, 3.63) is 65.5 Å². The minimum Gasteiger partial charge on any atom is -0.340 e. The first-order valence-electron chi connectivity index (χ1n) is 8.79. The van der Waals surface area contributed by atoms with Crippen LogP contribution in [0, 0.1) is 5.82 Å². The van der Waals surface area contributed by atoms with Crippen LogP contribution >= 0.6 is 0 Å². The zero-order valence-electron chi connectivity index (χ0n) is 15.6. The SMILES string of the molecule is CC(C)c1ccc(-c2nnn(CC(=O)N(C)Cc3ccc(F)cc3)n2)cc1. The van der Waals surface area contributed by atoms with Crippen molar-refractivity contribution in [2.45, 2.75) is 32.9 Å². The normalized spacial score (nSPS) is 11.0. The van der Waals surface area contributed by atoms with Crippen LogP contribution in [0.4, 0.5) is 4.39 Å². The number of likely N-dealkylation sites (N-methyl/N-ethyl adjacent to an activating group) is 1. The lowest BCUT2D eigenvalue weighted by Crippen LogP contribution is -2.30. The minimum absolute atomic E-state index is 0.00519. The molecule has 3 rings (SSSR count). The first-order valence-corrected chi connectivity index (χ1v) is 8.79. The Hall–Kier alpha value is -3.09. The fourth-order valence-electron chi connectivity index (χ4n) is 2.64. The highest BCUT2D eigenvalue weighted by molar-refractivity contribution is 5.75. The van der Waals surface area contributed by atoms with Crippen LogP contribution in [-0.2, 0) is 17.9 Å². The molecule has 0 N–H and O–H groups in total. The second-order valence-corrected chi connectivity index (χ2v) is 6.80. The molecule has 3 aromatic rings. The van der Waals surface area contributed by atoms with Crippen LogP contribution in [0.3, 0.4) is 0 Å². The lowest BCUT2D eigenvalue weighted by Gasteiger charge is -2.16. The predicted molar refractivity (Wildman–Crippen MR) is 100 cm³/mol. The molecule has 0 bridgehead atoms. The lowest BCUT2D eigenvalue weighted by atomic mass is 10.0. The molecule has 0 unspecified atom stereocenters. The van der Waals surface area contributed by atoms with Gasteiger partial charge < -0.3 is 4.90 Å². The molecule has 1 heterocycles. The summed E-state index contributed by atoms with van der Waals surface area (Å²) in [7, 11) is 1.69. The van der Waals surface area contributed by atoms with E-state index in [1.165, 1.54) is 22.5 Å². The average molecular weight is 367 g/mol. The second-order valence-electron chi connectivity index (χ2n) is 6.80. The predicted octanol–water partition coefficient (Wildman–Crippen LogP) is 3.26. The highest BCUT2D eigenvalue weighted by atomic mass is 19.1. The van der Waals surface area contributed by atoms with E-state index in [1.54, 1.807) is 24.1 Å². The van der Waals surface area contributed by atoms with Gasteiger partial charge >= 0.3 is 0 Å². The summed E-state index contributed by atoms with van der Waals surface area (Å²) < 4.78 is 13.0. The zero-order chi connectivity index (χ0) is 19.4. The van der Waals surface area contributed by atoms with Gasteiger partial charge in [-0.1, -0.05) is 50.2 Å². The third kappa shape index (κ3) is 4.75. The van der Waals surface area contributed by atoms with Gasteiger partial charge in [-0.25, -0.2) is 4.39 Å². The molecule has 7 heteroatoms. The molecule has 0 saturated carbocycles. The molecule has 27 heavy (non-hydrogen) atoms. The number of carbonyl (C=O) groups is 1. The summed E-state index contributed by atoms with van der Waals surface area (Å²) in [4.78, 5) is 15.2. The minimum atomic E-state index is -0.298. The fourth-order valence-corrected chi connectivity index (χ4v) is 2.64. The van der Waals surface area contributed by atoms with Gasteiger partial charge in [-0.05, 0) is 34.4 Å². The summed E-state index contributed by atoms with van der Waals surface area (Å²) >= 11 is 0. The number of rotatable bonds is 6. The monoisotopic (exact) mass is 367 g/mol. The molecule has 0 aliphatic heterocycles. The molecular weight excluding hydrogens is 345 g/mol. The molecular formula is C20H22FN5O. The number of benzene rings is 2. The number of carbonyl (C=O) groups excluding carboxylic acids is 1. The summed E-state index contributed by atoms with van der Waals surface area (Å²) in [6.07, 6.45) is 0. The molecule has 1 amide bonds. The van der Waals surface area contributed by atoms with Gasteiger partial charge in [0, 0.05) is 19.2 Å². The van der Waals surface area contributed by atoms with Crippen LogP contribution < -0.4 is 0 Å². The number of nitrogens with zero attached hydrogens (tertiary/aromatic N) is 5. The van der Waals surface area contributed by atoms with Gasteiger partial charge in [0.15, 0.2) is 0 Å². The molecule has 140 valence electrons. The molecule has 2 aromatic carbocycles. The van der Waals surface area contributed by atoms with Gasteiger partial charge in [0.05, 0.1) is 0 Å². The van der Waals surface area contributed by atoms with Crippen LogP contribution in [0.15, 0.2) is 48.5 Å². The van der Waals surface area contributed by atoms with Crippen molar-refractivity contribution in [3.63, 3.8) is 0 Å². The molecule has 0 radical (unpaired) electrons. The zero-order valence-corrected chi connectivity index (χ0v) is 15.6. The van der Waals surface area contributed by atoms with Crippen molar-refractivity contribution < 1.29 is 9.18 Å². The summed E-state index contributed by atoms with van der Waals surface area (Å²) in [6, 6.07) is 14.1. The summed E-state index contributed by atoms with van der Waals surface area (Å²) in [5.41, 5.74) is 2.95. The van der Waals surface area contributed by atoms with E-state index in [2.05, 4.69) is 29.3 Å². The van der Waals surface area contributed by atoms with Crippen molar-refractivity contribution in [3.8, 4) is 11.4 Å². The molecule has 0 spiro atoms. The van der Waals surface area contributed by atoms with E-state index in [-0.39, 0.29) is 18.3 Å². The number of halogens is 1. The Balaban J connectivity index is 1.62. The molecule has 1 aromatic heterocycles. The van der Waals surface area contributed by atoms with E-state index in [1.807, 2.05) is 24.3 Å². The maximum Gasteiger partial charge on any atom is 0.246 e. The van der Waals surface area contributed by atoms with E-state index in [0.29, 0.717) is 18.3 Å². The summed E-state index contributed by atoms with van der Waals surface area (Å²) in [6.45, 7) is 4.65. The van der Waals surface area contributed by atoms with Gasteiger partial charge in [0.2, 0.25) is 11.7 Å². The molecule has 0 fully saturated rings. The second kappa shape index (κ2) is 8.07. The Kier molecular flexibility index (Phi) is 5.59. The van der Waals surface area contributed by atoms with Crippen molar-refractivity contribution in [1.82, 2.24) is 25.1 Å². The third-order valence-electron chi connectivity index (χ3n) is 4.32. The van der Waals surface area contributed by atoms with Gasteiger partial charge in [-0.15, -0.1) is 10.2 Å². The van der Waals surface area contributed by atoms with E-state index in [4.69, 9.17) is 0 Å². The quantitative estimate of drug-likeness (QED) is 0.671. The molecule has 6 nitrogen and oxygen atoms in total. The van der Waals surface area contributed by atoms with Crippen molar-refractivity contribution in [2.24, 2.45) is 0 Å². The van der Waals surface area contributed by atoms with E-state index in [9.17, 15) is 9.18 Å². The number of hydrogen-bond donors (Lipinski definition) is 0. The number of amides is 1. The summed E-state index contributed by atoms with van der Waals surface area (Å²) in [5.74, 6) is 0.489. The Morgan fingerprint density at radius 2 is 1.78 bits per heavy atom. The van der Waals surface area contributed by atoms with Crippen LogP contribution in [0.5, 0.6) is 0 Å². The standard InChI is InChI=1S/C20H22FN5O/c1-14(2)16-6-8-17(9-7-16)20-22-24-26(23-20)13-19(27)25(3)12-15-4-10-18(21)11-5-15/h4-11,14H,12-13H2,1-3H3. The first-order chi connectivity index (χ1) is 12.9. The Bertz CT molecular complexity index is 903. The Morgan fingerprint density at radius 3 is 2.41 bits per heavy atom. The fraction of sp³-hybridized carbons (Fsp3) is 0.300. The molecule has 0 aliphatic carbocycles. The smallest absolute Gasteiger partial charge is 0.246 e. The maximum atomic E-state index is 13.0. The third-order valence-corrected chi connectivity index (χ3v) is 4.32. The maximum absolute atomic E-state index is 13.0. The number of hydrogen-bond acceptors (Lipinski definition) is 4. The number of tetrazole rings is 1. The first kappa shape index (κ1) is 18.7. The average Bonchev–Trinajstić information content (AvgIpc) is 3.12. The van der Waals surface area contributed by atoms with Gasteiger partial charge in [-0.3, -0.25) is 4.79 Å². The largest absolute Gasteiger partial charge is 0.340 e. The molecule has 0 saturated heterocycles. The van der Waals surface area contributed by atoms with E-state index < -0.39 is 0 Å². The van der Waals surface area contributed by atoms with Gasteiger partial charge in [0.25, 0.3) is 0 Å². The highest BCUT2D eigenvalue weighted by Crippen LogP contribution is 2.19. The Labute approximate surface area is 157 Å². The van der Waals surface area contributed by atoms with Crippen molar-refractivity contribution in [1.29, 1.82) is 0 Å². The molecule has 0 atom stereocenters. The van der Waals surface area contributed by atoms with Crippen LogP contribution in [0.25, 0.3) is 11.4 Å². The van der Waals surface area contributed by atoms with Gasteiger partial charge in [0.1, 0.15) is 12.4 Å². The number of aromatic nitrogens is 4. The van der Waals surface area contributed by atoms with E-state index >= 15 is 0 Å². The van der Waals surface area contributed by atoms with Crippen molar-refractivity contribution in [2.75, 3.05) is 7.05 Å². The Morgan fingerprint density at radius 1 is 1.11 bits per heavy atom. The highest BCUT2D eigenvalue weighted by Gasteiger charge is 2.13. The van der Waals surface area contributed by atoms with Crippen LogP contribution in [-0.4, -0.2) is 38.1 Å². The lowest BCUT2D eigenvalue weighted by molar-refractivity contribution is -0.131. The molecule has 0 aliphatic rings. The summed E-state index contributed by atoms with van der Waals surface area (Å²) in [5, 5.41) is 12.3. The van der Waals surface area contributed by atoms with Crippen molar-refractivity contribution >= 4 is 5.91 Å². The van der Waals surface area contributed by atoms with Gasteiger partial charge in [-0.2, -0.15) is 4.80 Å².